The quantitative estimate of drug-likeness (QED) is 0.635. The van der Waals surface area contributed by atoms with Crippen LogP contribution in [0.5, 0.6) is 0 Å². The maximum Gasteiger partial charge on any atom is 0.241 e. The third-order valence-corrected chi connectivity index (χ3v) is 3.25. The highest BCUT2D eigenvalue weighted by Gasteiger charge is 2.31. The smallest absolute Gasteiger partial charge is 0.241 e. The molecule has 0 radical (unpaired) electrons. The first-order valence-corrected chi connectivity index (χ1v) is 8.49. The molecule has 2 bridgehead atoms. The molecule has 2 heterocycles. The molecule has 13 heavy (non-hydrogen) atoms. The van der Waals surface area contributed by atoms with Crippen LogP contribution in [0.25, 0.3) is 0 Å². The molecule has 2 aliphatic rings. The van der Waals surface area contributed by atoms with Gasteiger partial charge in [0.15, 0.2) is 0 Å². The van der Waals surface area contributed by atoms with Gasteiger partial charge in [-0.05, 0) is 38.6 Å². The zero-order valence-corrected chi connectivity index (χ0v) is 9.67. The third-order valence-electron chi connectivity index (χ3n) is 2.38. The summed E-state index contributed by atoms with van der Waals surface area (Å²) in [6.07, 6.45) is 6.37. The van der Waals surface area contributed by atoms with Gasteiger partial charge >= 0.3 is 0 Å². The van der Waals surface area contributed by atoms with Gasteiger partial charge in [-0.2, -0.15) is 0 Å². The largest absolute Gasteiger partial charge is 0.547 e. The fraction of sp³-hybridized carbons (Fsp3) is 0.800. The van der Waals surface area contributed by atoms with Gasteiger partial charge in [0.1, 0.15) is 0 Å². The first-order chi connectivity index (χ1) is 6.03. The molecule has 0 aliphatic carbocycles. The van der Waals surface area contributed by atoms with Gasteiger partial charge in [-0.25, -0.2) is 0 Å². The number of hydrogen-bond donors (Lipinski definition) is 0. The fourth-order valence-electron chi connectivity index (χ4n) is 1.97. The normalized spacial score (nSPS) is 33.0. The Morgan fingerprint density at radius 3 is 2.77 bits per heavy atom. The molecule has 0 aromatic carbocycles. The third kappa shape index (κ3) is 2.35. The molecule has 0 aromatic rings. The van der Waals surface area contributed by atoms with Crippen molar-refractivity contribution in [1.29, 1.82) is 0 Å². The van der Waals surface area contributed by atoms with Crippen molar-refractivity contribution in [3.05, 3.63) is 11.8 Å². The summed E-state index contributed by atoms with van der Waals surface area (Å²) in [4.78, 5) is 0. The second kappa shape index (κ2) is 3.14. The van der Waals surface area contributed by atoms with Crippen molar-refractivity contribution in [2.45, 2.75) is 51.1 Å². The molecule has 1 saturated heterocycles. The predicted octanol–water partition coefficient (Wildman–Crippen LogP) is 2.67. The lowest BCUT2D eigenvalue weighted by Crippen LogP contribution is -2.28. The zero-order valence-electron chi connectivity index (χ0n) is 8.67. The summed E-state index contributed by atoms with van der Waals surface area (Å²) < 4.78 is 11.7. The second-order valence-corrected chi connectivity index (χ2v) is 9.35. The SMILES string of the molecule is C[Si](C)(C)OC1=C[C@@H]2CC[C@H](C1)O2. The molecule has 0 unspecified atom stereocenters. The molecule has 0 saturated carbocycles. The average Bonchev–Trinajstić information content (AvgIpc) is 2.27. The van der Waals surface area contributed by atoms with Gasteiger partial charge in [-0.3, -0.25) is 0 Å². The van der Waals surface area contributed by atoms with Crippen LogP contribution in [0.4, 0.5) is 0 Å². The minimum Gasteiger partial charge on any atom is -0.547 e. The van der Waals surface area contributed by atoms with Gasteiger partial charge in [0.25, 0.3) is 0 Å². The molecule has 1 fully saturated rings. The number of fused-ring (bicyclic) bond motifs is 2. The Balaban J connectivity index is 2.01. The molecular formula is C10H18O2Si. The summed E-state index contributed by atoms with van der Waals surface area (Å²) in [6, 6.07) is 0. The van der Waals surface area contributed by atoms with E-state index in [1.807, 2.05) is 0 Å². The Labute approximate surface area is 81.1 Å². The van der Waals surface area contributed by atoms with Crippen molar-refractivity contribution in [2.24, 2.45) is 0 Å². The van der Waals surface area contributed by atoms with E-state index in [1.54, 1.807) is 0 Å². The summed E-state index contributed by atoms with van der Waals surface area (Å²) in [5.41, 5.74) is 0. The molecule has 0 aromatic heterocycles. The Kier molecular flexibility index (Phi) is 2.24. The van der Waals surface area contributed by atoms with E-state index in [9.17, 15) is 0 Å². The molecule has 2 rings (SSSR count). The Hall–Kier alpha value is -0.283. The average molecular weight is 198 g/mol. The molecule has 0 spiro atoms. The summed E-state index contributed by atoms with van der Waals surface area (Å²) in [5, 5.41) is 0. The molecule has 74 valence electrons. The summed E-state index contributed by atoms with van der Waals surface area (Å²) in [5.74, 6) is 1.19. The van der Waals surface area contributed by atoms with E-state index in [2.05, 4.69) is 25.7 Å². The van der Waals surface area contributed by atoms with E-state index in [0.717, 1.165) is 6.42 Å². The van der Waals surface area contributed by atoms with E-state index >= 15 is 0 Å². The first-order valence-electron chi connectivity index (χ1n) is 5.08. The van der Waals surface area contributed by atoms with Gasteiger partial charge in [0.05, 0.1) is 18.0 Å². The van der Waals surface area contributed by atoms with Crippen LogP contribution in [0.1, 0.15) is 19.3 Å². The molecule has 2 aliphatic heterocycles. The van der Waals surface area contributed by atoms with Crippen LogP contribution in [0.3, 0.4) is 0 Å². The topological polar surface area (TPSA) is 18.5 Å². The van der Waals surface area contributed by atoms with Gasteiger partial charge in [0.2, 0.25) is 8.32 Å². The number of ether oxygens (including phenoxy) is 1. The lowest BCUT2D eigenvalue weighted by atomic mass is 10.2. The van der Waals surface area contributed by atoms with Crippen molar-refractivity contribution in [3.8, 4) is 0 Å². The molecular weight excluding hydrogens is 180 g/mol. The summed E-state index contributed by atoms with van der Waals surface area (Å²) in [7, 11) is -1.40. The monoisotopic (exact) mass is 198 g/mol. The highest BCUT2D eigenvalue weighted by molar-refractivity contribution is 6.70. The van der Waals surface area contributed by atoms with Crippen molar-refractivity contribution in [3.63, 3.8) is 0 Å². The standard InChI is InChI=1S/C10H18O2Si/c1-13(2,3)12-10-6-8-4-5-9(7-10)11-8/h6,8-9H,4-5,7H2,1-3H3/t8-,9+/m0/s1. The lowest BCUT2D eigenvalue weighted by Gasteiger charge is -2.27. The number of hydrogen-bond acceptors (Lipinski definition) is 2. The second-order valence-electron chi connectivity index (χ2n) is 4.93. The minimum atomic E-state index is -1.40. The van der Waals surface area contributed by atoms with E-state index in [1.165, 1.54) is 18.6 Å². The van der Waals surface area contributed by atoms with Crippen LogP contribution in [0.15, 0.2) is 11.8 Å². The van der Waals surface area contributed by atoms with E-state index in [0.29, 0.717) is 12.2 Å². The molecule has 0 N–H and O–H groups in total. The van der Waals surface area contributed by atoms with E-state index < -0.39 is 8.32 Å². The maximum atomic E-state index is 5.98. The Morgan fingerprint density at radius 1 is 1.38 bits per heavy atom. The Bertz CT molecular complexity index is 230. The minimum absolute atomic E-state index is 0.352. The van der Waals surface area contributed by atoms with Gasteiger partial charge in [-0.15, -0.1) is 0 Å². The summed E-state index contributed by atoms with van der Waals surface area (Å²) in [6.45, 7) is 6.68. The van der Waals surface area contributed by atoms with Crippen LogP contribution in [-0.4, -0.2) is 20.5 Å². The lowest BCUT2D eigenvalue weighted by molar-refractivity contribution is 0.0493. The molecule has 0 amide bonds. The van der Waals surface area contributed by atoms with Crippen LogP contribution < -0.4 is 0 Å². The maximum absolute atomic E-state index is 5.98. The molecule has 2 atom stereocenters. The van der Waals surface area contributed by atoms with Crippen LogP contribution in [0.2, 0.25) is 19.6 Å². The van der Waals surface area contributed by atoms with E-state index in [4.69, 9.17) is 9.16 Å². The van der Waals surface area contributed by atoms with Crippen molar-refractivity contribution in [1.82, 2.24) is 0 Å². The molecule has 2 nitrogen and oxygen atoms in total. The first kappa shape index (κ1) is 9.28. The van der Waals surface area contributed by atoms with Crippen molar-refractivity contribution in [2.75, 3.05) is 0 Å². The van der Waals surface area contributed by atoms with Crippen LogP contribution >= 0.6 is 0 Å². The van der Waals surface area contributed by atoms with Gasteiger partial charge < -0.3 is 9.16 Å². The van der Waals surface area contributed by atoms with Crippen LogP contribution in [0, 0.1) is 0 Å². The van der Waals surface area contributed by atoms with Crippen molar-refractivity contribution >= 4 is 8.32 Å². The highest BCUT2D eigenvalue weighted by atomic mass is 28.4. The number of rotatable bonds is 2. The zero-order chi connectivity index (χ0) is 9.47. The van der Waals surface area contributed by atoms with Crippen LogP contribution in [-0.2, 0) is 9.16 Å². The summed E-state index contributed by atoms with van der Waals surface area (Å²) >= 11 is 0. The highest BCUT2D eigenvalue weighted by Crippen LogP contribution is 2.32. The van der Waals surface area contributed by atoms with Gasteiger partial charge in [0, 0.05) is 6.42 Å². The van der Waals surface area contributed by atoms with Gasteiger partial charge in [-0.1, -0.05) is 0 Å². The Morgan fingerprint density at radius 2 is 2.15 bits per heavy atom. The fourth-order valence-corrected chi connectivity index (χ4v) is 2.91. The molecule has 3 heteroatoms. The van der Waals surface area contributed by atoms with Crippen molar-refractivity contribution < 1.29 is 9.16 Å². The predicted molar refractivity (Wildman–Crippen MR) is 55.0 cm³/mol. The van der Waals surface area contributed by atoms with E-state index in [-0.39, 0.29) is 0 Å².